The average Bonchev–Trinajstić information content (AvgIpc) is 3.16. The van der Waals surface area contributed by atoms with Crippen molar-refractivity contribution in [1.29, 1.82) is 0 Å². The molecule has 0 amide bonds. The van der Waals surface area contributed by atoms with Crippen molar-refractivity contribution < 1.29 is 33.4 Å². The summed E-state index contributed by atoms with van der Waals surface area (Å²) < 4.78 is 15.9. The first-order valence-corrected chi connectivity index (χ1v) is 10.3. The molecule has 0 aliphatic heterocycles. The Balaban J connectivity index is 1.93. The summed E-state index contributed by atoms with van der Waals surface area (Å²) in [5.74, 6) is -3.02. The quantitative estimate of drug-likeness (QED) is 0.267. The number of esters is 3. The number of Topliss-reactive ketones (excluding diaryl/α,β-unsaturated/α-hetero) is 1. The van der Waals surface area contributed by atoms with E-state index in [1.54, 1.807) is 19.1 Å². The molecular formula is C26H24O7. The zero-order valence-corrected chi connectivity index (χ0v) is 18.7. The van der Waals surface area contributed by atoms with Gasteiger partial charge in [0, 0.05) is 18.1 Å². The minimum atomic E-state index is -1.07. The van der Waals surface area contributed by atoms with Crippen molar-refractivity contribution in [2.75, 3.05) is 0 Å². The van der Waals surface area contributed by atoms with Gasteiger partial charge in [0.25, 0.3) is 0 Å². The number of rotatable bonds is 7. The molecule has 7 nitrogen and oxygen atoms in total. The van der Waals surface area contributed by atoms with Crippen LogP contribution in [0.4, 0.5) is 0 Å². The summed E-state index contributed by atoms with van der Waals surface area (Å²) in [6.45, 7) is 11.3. The smallest absolute Gasteiger partial charge is 0.379 e. The fraction of sp³-hybridized carbons (Fsp3) is 0.231. The van der Waals surface area contributed by atoms with Crippen LogP contribution in [-0.4, -0.2) is 23.7 Å². The van der Waals surface area contributed by atoms with Crippen molar-refractivity contribution in [3.8, 4) is 22.6 Å². The molecule has 0 saturated heterocycles. The molecular weight excluding hydrogens is 424 g/mol. The normalized spacial score (nSPS) is 14.1. The summed E-state index contributed by atoms with van der Waals surface area (Å²) in [6.07, 6.45) is 1.10. The van der Waals surface area contributed by atoms with Crippen LogP contribution in [-0.2, 0) is 30.3 Å². The van der Waals surface area contributed by atoms with Gasteiger partial charge in [-0.2, -0.15) is 0 Å². The largest absolute Gasteiger partial charge is 0.454 e. The van der Waals surface area contributed by atoms with Crippen LogP contribution < -0.4 is 9.47 Å². The molecule has 1 aliphatic rings. The van der Waals surface area contributed by atoms with Gasteiger partial charge >= 0.3 is 17.9 Å². The first-order valence-electron chi connectivity index (χ1n) is 10.3. The fourth-order valence-corrected chi connectivity index (χ4v) is 3.32. The highest BCUT2D eigenvalue weighted by Gasteiger charge is 2.26. The van der Waals surface area contributed by atoms with E-state index in [2.05, 4.69) is 13.2 Å². The zero-order valence-electron chi connectivity index (χ0n) is 18.7. The van der Waals surface area contributed by atoms with Gasteiger partial charge in [-0.05, 0) is 61.1 Å². The Morgan fingerprint density at radius 2 is 1.39 bits per heavy atom. The van der Waals surface area contributed by atoms with Crippen molar-refractivity contribution in [2.24, 2.45) is 0 Å². The van der Waals surface area contributed by atoms with Gasteiger partial charge in [-0.25, -0.2) is 14.4 Å². The molecule has 1 aliphatic carbocycles. The topological polar surface area (TPSA) is 96.0 Å². The van der Waals surface area contributed by atoms with Crippen LogP contribution in [0.1, 0.15) is 44.4 Å². The number of ether oxygens (including phenoxy) is 3. The van der Waals surface area contributed by atoms with E-state index in [4.69, 9.17) is 14.2 Å². The molecule has 0 N–H and O–H groups in total. The molecule has 170 valence electrons. The van der Waals surface area contributed by atoms with Crippen molar-refractivity contribution >= 4 is 23.7 Å². The molecule has 1 atom stereocenters. The minimum absolute atomic E-state index is 0.0103. The van der Waals surface area contributed by atoms with Crippen LogP contribution in [0.15, 0.2) is 60.7 Å². The van der Waals surface area contributed by atoms with Crippen molar-refractivity contribution in [3.05, 3.63) is 71.8 Å². The van der Waals surface area contributed by atoms with E-state index < -0.39 is 23.7 Å². The van der Waals surface area contributed by atoms with E-state index in [0.717, 1.165) is 30.0 Å². The summed E-state index contributed by atoms with van der Waals surface area (Å²) in [4.78, 5) is 47.0. The Kier molecular flexibility index (Phi) is 6.92. The summed E-state index contributed by atoms with van der Waals surface area (Å²) in [6, 6.07) is 10.5. The molecule has 0 aromatic heterocycles. The Morgan fingerprint density at radius 1 is 0.788 bits per heavy atom. The van der Waals surface area contributed by atoms with Crippen LogP contribution >= 0.6 is 0 Å². The first-order chi connectivity index (χ1) is 15.6. The highest BCUT2D eigenvalue weighted by atomic mass is 16.6. The highest BCUT2D eigenvalue weighted by molar-refractivity contribution is 6.33. The molecule has 3 rings (SSSR count). The fourth-order valence-electron chi connectivity index (χ4n) is 3.32. The number of carbonyl (C=O) groups is 4. The van der Waals surface area contributed by atoms with Crippen LogP contribution in [0.2, 0.25) is 0 Å². The van der Waals surface area contributed by atoms with Gasteiger partial charge < -0.3 is 14.2 Å². The second-order valence-corrected chi connectivity index (χ2v) is 7.90. The number of carbonyl (C=O) groups excluding carboxylic acids is 4. The van der Waals surface area contributed by atoms with E-state index in [0.29, 0.717) is 17.6 Å². The molecule has 2 aromatic carbocycles. The van der Waals surface area contributed by atoms with Gasteiger partial charge in [0.05, 0.1) is 0 Å². The molecule has 33 heavy (non-hydrogen) atoms. The third-order valence-electron chi connectivity index (χ3n) is 5.08. The van der Waals surface area contributed by atoms with Gasteiger partial charge in [0.2, 0.25) is 5.78 Å². The van der Waals surface area contributed by atoms with Crippen molar-refractivity contribution in [1.82, 2.24) is 0 Å². The predicted octanol–water partition coefficient (Wildman–Crippen LogP) is 4.44. The molecule has 0 spiro atoms. The maximum Gasteiger partial charge on any atom is 0.379 e. The molecule has 0 radical (unpaired) electrons. The van der Waals surface area contributed by atoms with Crippen molar-refractivity contribution in [3.63, 3.8) is 0 Å². The van der Waals surface area contributed by atoms with Gasteiger partial charge in [-0.1, -0.05) is 37.4 Å². The van der Waals surface area contributed by atoms with E-state index in [1.807, 2.05) is 18.2 Å². The maximum atomic E-state index is 12.1. The minimum Gasteiger partial charge on any atom is -0.454 e. The lowest BCUT2D eigenvalue weighted by Gasteiger charge is -2.15. The second kappa shape index (κ2) is 9.65. The molecule has 7 heteroatoms. The summed E-state index contributed by atoms with van der Waals surface area (Å²) in [5.41, 5.74) is 4.03. The lowest BCUT2D eigenvalue weighted by atomic mass is 9.99. The highest BCUT2D eigenvalue weighted by Crippen LogP contribution is 2.39. The zero-order chi connectivity index (χ0) is 24.3. The number of hydrogen-bond acceptors (Lipinski definition) is 7. The lowest BCUT2D eigenvalue weighted by Crippen LogP contribution is -2.18. The standard InChI is InChI=1S/C26H24O7/c1-14(2)24(28)31-21-10-8-19-12-17(6-9-20(19)21)18-7-11-22(32-26(30)16(5)27)23(13-18)33-25(29)15(3)4/h6-7,9,11-13,21H,1,3,8,10H2,2,4-5H3. The van der Waals surface area contributed by atoms with E-state index in [1.165, 1.54) is 13.0 Å². The Labute approximate surface area is 191 Å². The number of hydrogen-bond donors (Lipinski definition) is 0. The van der Waals surface area contributed by atoms with Crippen LogP contribution in [0, 0.1) is 0 Å². The third-order valence-corrected chi connectivity index (χ3v) is 5.08. The number of fused-ring (bicyclic) bond motifs is 1. The summed E-state index contributed by atoms with van der Waals surface area (Å²) in [7, 11) is 0. The second-order valence-electron chi connectivity index (χ2n) is 7.90. The predicted molar refractivity (Wildman–Crippen MR) is 121 cm³/mol. The van der Waals surface area contributed by atoms with Crippen molar-refractivity contribution in [2.45, 2.75) is 39.7 Å². The van der Waals surface area contributed by atoms with Gasteiger partial charge in [-0.3, -0.25) is 4.79 Å². The first kappa shape index (κ1) is 23.7. The maximum absolute atomic E-state index is 12.1. The van der Waals surface area contributed by atoms with E-state index >= 15 is 0 Å². The molecule has 0 bridgehead atoms. The molecule has 2 aromatic rings. The van der Waals surface area contributed by atoms with Crippen LogP contribution in [0.25, 0.3) is 11.1 Å². The van der Waals surface area contributed by atoms with Crippen LogP contribution in [0.5, 0.6) is 11.5 Å². The number of ketones is 1. The third kappa shape index (κ3) is 5.44. The van der Waals surface area contributed by atoms with Gasteiger partial charge in [0.15, 0.2) is 11.5 Å². The Bertz CT molecular complexity index is 1190. The molecule has 0 heterocycles. The Hall–Kier alpha value is -4.00. The number of aryl methyl sites for hydroxylation is 1. The molecule has 0 fully saturated rings. The lowest BCUT2D eigenvalue weighted by molar-refractivity contribution is -0.146. The molecule has 1 unspecified atom stereocenters. The average molecular weight is 448 g/mol. The summed E-state index contributed by atoms with van der Waals surface area (Å²) in [5, 5.41) is 0. The van der Waals surface area contributed by atoms with E-state index in [-0.39, 0.29) is 23.2 Å². The summed E-state index contributed by atoms with van der Waals surface area (Å²) >= 11 is 0. The van der Waals surface area contributed by atoms with Gasteiger partial charge in [0.1, 0.15) is 6.10 Å². The monoisotopic (exact) mass is 448 g/mol. The van der Waals surface area contributed by atoms with Gasteiger partial charge in [-0.15, -0.1) is 0 Å². The number of benzene rings is 2. The Morgan fingerprint density at radius 3 is 2.03 bits per heavy atom. The van der Waals surface area contributed by atoms with E-state index in [9.17, 15) is 19.2 Å². The molecule has 0 saturated carbocycles. The SMILES string of the molecule is C=C(C)C(=O)Oc1cc(-c2ccc3c(c2)CCC3OC(=O)C(=C)C)ccc1OC(=O)C(C)=O. The van der Waals surface area contributed by atoms with Crippen LogP contribution in [0.3, 0.4) is 0 Å².